The molecule has 1 saturated heterocycles. The first-order valence-electron chi connectivity index (χ1n) is 10.2. The number of halogens is 1. The third-order valence-electron chi connectivity index (χ3n) is 5.47. The number of benzene rings is 2. The van der Waals surface area contributed by atoms with Crippen LogP contribution in [0.5, 0.6) is 5.75 Å². The van der Waals surface area contributed by atoms with E-state index in [-0.39, 0.29) is 0 Å². The van der Waals surface area contributed by atoms with E-state index < -0.39 is 0 Å². The van der Waals surface area contributed by atoms with Crippen molar-refractivity contribution >= 4 is 38.3 Å². The van der Waals surface area contributed by atoms with Gasteiger partial charge in [0.05, 0.1) is 10.2 Å². The first-order chi connectivity index (χ1) is 13.9. The molecule has 1 N–H and O–H groups in total. The second-order valence-electron chi connectivity index (χ2n) is 8.49. The Morgan fingerprint density at radius 1 is 1.21 bits per heavy atom. The summed E-state index contributed by atoms with van der Waals surface area (Å²) in [5, 5.41) is 11.8. The molecule has 1 aliphatic heterocycles. The van der Waals surface area contributed by atoms with Crippen molar-refractivity contribution in [2.75, 3.05) is 24.5 Å². The highest BCUT2D eigenvalue weighted by Gasteiger charge is 2.29. The molecule has 0 saturated carbocycles. The Kier molecular flexibility index (Phi) is 6.00. The summed E-state index contributed by atoms with van der Waals surface area (Å²) in [5.41, 5.74) is 3.30. The summed E-state index contributed by atoms with van der Waals surface area (Å²) < 4.78 is 1.14. The van der Waals surface area contributed by atoms with Gasteiger partial charge in [0.15, 0.2) is 5.13 Å². The largest absolute Gasteiger partial charge is 0.508 e. The van der Waals surface area contributed by atoms with Crippen LogP contribution in [0.4, 0.5) is 5.13 Å². The number of thiazole rings is 1. The number of nitrogens with zero attached hydrogens (tertiary/aromatic N) is 3. The highest BCUT2D eigenvalue weighted by atomic mass is 35.5. The number of phenolic OH excluding ortho intramolecular Hbond substituents is 1. The summed E-state index contributed by atoms with van der Waals surface area (Å²) in [6.07, 6.45) is 1.14. The number of aromatic hydroxyl groups is 1. The molecule has 2 heterocycles. The van der Waals surface area contributed by atoms with E-state index in [0.717, 1.165) is 58.5 Å². The Labute approximate surface area is 181 Å². The van der Waals surface area contributed by atoms with Crippen LogP contribution in [0, 0.1) is 12.8 Å². The molecule has 1 aliphatic rings. The van der Waals surface area contributed by atoms with Crippen molar-refractivity contribution in [1.82, 2.24) is 9.88 Å². The fourth-order valence-corrected chi connectivity index (χ4v) is 5.51. The average Bonchev–Trinajstić information content (AvgIpc) is 3.05. The Hall–Kier alpha value is -1.82. The van der Waals surface area contributed by atoms with Crippen molar-refractivity contribution in [3.8, 4) is 5.75 Å². The van der Waals surface area contributed by atoms with Crippen LogP contribution in [0.25, 0.3) is 10.2 Å². The molecule has 0 spiro atoms. The maximum absolute atomic E-state index is 9.97. The van der Waals surface area contributed by atoms with Gasteiger partial charge in [-0.1, -0.05) is 42.9 Å². The van der Waals surface area contributed by atoms with Gasteiger partial charge in [0, 0.05) is 37.2 Å². The number of piperazine rings is 1. The van der Waals surface area contributed by atoms with E-state index in [2.05, 4.69) is 29.7 Å². The Bertz CT molecular complexity index is 983. The van der Waals surface area contributed by atoms with Crippen LogP contribution < -0.4 is 4.90 Å². The van der Waals surface area contributed by atoms with Gasteiger partial charge < -0.3 is 10.0 Å². The van der Waals surface area contributed by atoms with Gasteiger partial charge in [-0.2, -0.15) is 0 Å². The molecule has 0 amide bonds. The summed E-state index contributed by atoms with van der Waals surface area (Å²) in [4.78, 5) is 9.85. The van der Waals surface area contributed by atoms with E-state index in [0.29, 0.717) is 17.7 Å². The number of anilines is 1. The van der Waals surface area contributed by atoms with E-state index in [9.17, 15) is 5.11 Å². The van der Waals surface area contributed by atoms with Gasteiger partial charge in [-0.25, -0.2) is 4.98 Å². The van der Waals surface area contributed by atoms with Crippen molar-refractivity contribution in [2.45, 2.75) is 39.8 Å². The molecule has 154 valence electrons. The predicted molar refractivity (Wildman–Crippen MR) is 123 cm³/mol. The quantitative estimate of drug-likeness (QED) is 0.564. The molecule has 29 heavy (non-hydrogen) atoms. The lowest BCUT2D eigenvalue weighted by molar-refractivity contribution is 0.148. The zero-order chi connectivity index (χ0) is 20.5. The van der Waals surface area contributed by atoms with Gasteiger partial charge in [0.25, 0.3) is 0 Å². The van der Waals surface area contributed by atoms with Gasteiger partial charge in [0.2, 0.25) is 0 Å². The number of fused-ring (bicyclic) bond motifs is 1. The highest BCUT2D eigenvalue weighted by Crippen LogP contribution is 2.33. The third-order valence-corrected chi connectivity index (χ3v) is 6.78. The number of hydrogen-bond donors (Lipinski definition) is 1. The minimum atomic E-state index is 0.354. The van der Waals surface area contributed by atoms with Crippen molar-refractivity contribution in [3.63, 3.8) is 0 Å². The summed E-state index contributed by atoms with van der Waals surface area (Å²) in [6, 6.07) is 12.3. The predicted octanol–water partition coefficient (Wildman–Crippen LogP) is 5.70. The number of hydrogen-bond acceptors (Lipinski definition) is 5. The molecule has 0 bridgehead atoms. The minimum absolute atomic E-state index is 0.354. The SMILES string of the molecule is Cc1cc(O)cc(CN2CCN(c3nc4ccc(Cl)cc4s3)C[C@H]2CC(C)C)c1. The average molecular weight is 430 g/mol. The molecular formula is C23H28ClN3OS. The standard InChI is InChI=1S/C23H28ClN3OS/c1-15(2)8-19-14-27(23-25-21-5-4-18(24)12-22(21)29-23)7-6-26(19)13-17-9-16(3)10-20(28)11-17/h4-5,9-12,15,19,28H,6-8,13-14H2,1-3H3/t19-/m1/s1. The molecule has 6 heteroatoms. The number of aromatic nitrogens is 1. The molecular weight excluding hydrogens is 402 g/mol. The second-order valence-corrected chi connectivity index (χ2v) is 9.93. The van der Waals surface area contributed by atoms with Crippen LogP contribution in [-0.4, -0.2) is 40.7 Å². The third kappa shape index (κ3) is 4.85. The van der Waals surface area contributed by atoms with E-state index in [4.69, 9.17) is 16.6 Å². The Morgan fingerprint density at radius 3 is 2.79 bits per heavy atom. The number of aryl methyl sites for hydroxylation is 1. The lowest BCUT2D eigenvalue weighted by Gasteiger charge is -2.42. The summed E-state index contributed by atoms with van der Waals surface area (Å²) >= 11 is 7.88. The van der Waals surface area contributed by atoms with Crippen LogP contribution in [0.15, 0.2) is 36.4 Å². The Balaban J connectivity index is 1.53. The van der Waals surface area contributed by atoms with Crippen LogP contribution in [0.2, 0.25) is 5.02 Å². The fraction of sp³-hybridized carbons (Fsp3) is 0.435. The van der Waals surface area contributed by atoms with Crippen molar-refractivity contribution in [2.24, 2.45) is 5.92 Å². The molecule has 1 aromatic heterocycles. The number of rotatable bonds is 5. The van der Waals surface area contributed by atoms with Crippen LogP contribution in [0.1, 0.15) is 31.4 Å². The van der Waals surface area contributed by atoms with E-state index in [1.807, 2.05) is 37.3 Å². The first-order valence-corrected chi connectivity index (χ1v) is 11.4. The van der Waals surface area contributed by atoms with Crippen molar-refractivity contribution < 1.29 is 5.11 Å². The molecule has 4 nitrogen and oxygen atoms in total. The van der Waals surface area contributed by atoms with Crippen molar-refractivity contribution in [1.29, 1.82) is 0 Å². The molecule has 2 aromatic carbocycles. The monoisotopic (exact) mass is 429 g/mol. The second kappa shape index (κ2) is 8.50. The topological polar surface area (TPSA) is 39.6 Å². The van der Waals surface area contributed by atoms with E-state index in [1.54, 1.807) is 11.3 Å². The first kappa shape index (κ1) is 20.5. The van der Waals surface area contributed by atoms with Gasteiger partial charge >= 0.3 is 0 Å². The summed E-state index contributed by atoms with van der Waals surface area (Å²) in [7, 11) is 0. The zero-order valence-electron chi connectivity index (χ0n) is 17.2. The minimum Gasteiger partial charge on any atom is -0.508 e. The lowest BCUT2D eigenvalue weighted by Crippen LogP contribution is -2.53. The van der Waals surface area contributed by atoms with Gasteiger partial charge in [0.1, 0.15) is 5.75 Å². The molecule has 4 rings (SSSR count). The highest BCUT2D eigenvalue weighted by molar-refractivity contribution is 7.22. The summed E-state index contributed by atoms with van der Waals surface area (Å²) in [5.74, 6) is 0.981. The van der Waals surface area contributed by atoms with Crippen LogP contribution in [-0.2, 0) is 6.54 Å². The van der Waals surface area contributed by atoms with E-state index >= 15 is 0 Å². The maximum atomic E-state index is 9.97. The normalized spacial score (nSPS) is 18.1. The van der Waals surface area contributed by atoms with E-state index in [1.165, 1.54) is 5.56 Å². The maximum Gasteiger partial charge on any atom is 0.186 e. The number of phenols is 1. The van der Waals surface area contributed by atoms with Crippen LogP contribution >= 0.6 is 22.9 Å². The molecule has 0 radical (unpaired) electrons. The smallest absolute Gasteiger partial charge is 0.186 e. The molecule has 0 unspecified atom stereocenters. The fourth-order valence-electron chi connectivity index (χ4n) is 4.23. The van der Waals surface area contributed by atoms with Gasteiger partial charge in [-0.3, -0.25) is 4.90 Å². The molecule has 1 atom stereocenters. The van der Waals surface area contributed by atoms with Gasteiger partial charge in [-0.05, 0) is 60.7 Å². The molecule has 0 aliphatic carbocycles. The molecule has 1 fully saturated rings. The lowest BCUT2D eigenvalue weighted by atomic mass is 9.99. The zero-order valence-corrected chi connectivity index (χ0v) is 18.8. The summed E-state index contributed by atoms with van der Waals surface area (Å²) in [6.45, 7) is 10.4. The molecule has 3 aromatic rings. The van der Waals surface area contributed by atoms with Crippen LogP contribution in [0.3, 0.4) is 0 Å². The van der Waals surface area contributed by atoms with Crippen molar-refractivity contribution in [3.05, 3.63) is 52.5 Å². The Morgan fingerprint density at radius 2 is 2.03 bits per heavy atom. The van der Waals surface area contributed by atoms with Gasteiger partial charge in [-0.15, -0.1) is 0 Å².